The van der Waals surface area contributed by atoms with Gasteiger partial charge in [-0.3, -0.25) is 24.1 Å². The molecule has 1 aliphatic rings. The van der Waals surface area contributed by atoms with Gasteiger partial charge in [0.05, 0.1) is 11.1 Å². The molecular formula is C25H28ClN3O4. The number of nitrogens with zero attached hydrogens (tertiary/aromatic N) is 2. The molecule has 7 nitrogen and oxygen atoms in total. The number of amides is 4. The fraction of sp³-hybridized carbons (Fsp3) is 0.360. The molecule has 1 aliphatic heterocycles. The normalized spacial score (nSPS) is 13.6. The zero-order valence-corrected chi connectivity index (χ0v) is 19.6. The number of likely N-dealkylation sites (N-methyl/N-ethyl adjacent to an activating group) is 1. The van der Waals surface area contributed by atoms with E-state index >= 15 is 0 Å². The van der Waals surface area contributed by atoms with E-state index in [4.69, 9.17) is 11.6 Å². The van der Waals surface area contributed by atoms with Crippen molar-refractivity contribution in [2.75, 3.05) is 13.1 Å². The average molecular weight is 470 g/mol. The summed E-state index contributed by atoms with van der Waals surface area (Å²) in [5.41, 5.74) is 1.52. The van der Waals surface area contributed by atoms with Crippen molar-refractivity contribution in [1.82, 2.24) is 15.1 Å². The summed E-state index contributed by atoms with van der Waals surface area (Å²) in [5, 5.41) is 3.31. The first-order chi connectivity index (χ1) is 15.9. The Kier molecular flexibility index (Phi) is 8.22. The molecule has 0 unspecified atom stereocenters. The van der Waals surface area contributed by atoms with Crippen molar-refractivity contribution in [2.24, 2.45) is 0 Å². The lowest BCUT2D eigenvalue weighted by molar-refractivity contribution is -0.141. The van der Waals surface area contributed by atoms with Gasteiger partial charge in [-0.15, -0.1) is 0 Å². The Hall–Kier alpha value is -3.19. The Morgan fingerprint density at radius 3 is 2.18 bits per heavy atom. The molecule has 0 radical (unpaired) electrons. The van der Waals surface area contributed by atoms with Crippen LogP contribution in [-0.4, -0.2) is 52.6 Å². The molecule has 0 aromatic heterocycles. The molecule has 1 heterocycles. The molecule has 33 heavy (non-hydrogen) atoms. The van der Waals surface area contributed by atoms with Gasteiger partial charge >= 0.3 is 0 Å². The molecule has 0 spiro atoms. The third kappa shape index (κ3) is 5.42. The minimum absolute atomic E-state index is 0.0910. The largest absolute Gasteiger partial charge is 0.355 e. The van der Waals surface area contributed by atoms with Crippen LogP contribution in [0.3, 0.4) is 0 Å². The van der Waals surface area contributed by atoms with E-state index in [0.29, 0.717) is 35.5 Å². The molecule has 0 aliphatic carbocycles. The lowest BCUT2D eigenvalue weighted by atomic mass is 10.1. The molecule has 2 aromatic rings. The van der Waals surface area contributed by atoms with Gasteiger partial charge in [0.15, 0.2) is 0 Å². The van der Waals surface area contributed by atoms with E-state index in [1.54, 1.807) is 36.4 Å². The first-order valence-corrected chi connectivity index (χ1v) is 11.5. The SMILES string of the molecule is CCNC(=O)[C@@H](CC)N(Cc1ccccc1Cl)C(=O)CCCN1C(=O)c2ccccc2C1=O. The Balaban J connectivity index is 1.71. The van der Waals surface area contributed by atoms with Crippen LogP contribution in [0.5, 0.6) is 0 Å². The van der Waals surface area contributed by atoms with Crippen molar-refractivity contribution in [1.29, 1.82) is 0 Å². The van der Waals surface area contributed by atoms with Crippen molar-refractivity contribution < 1.29 is 19.2 Å². The second-order valence-electron chi connectivity index (χ2n) is 7.84. The highest BCUT2D eigenvalue weighted by molar-refractivity contribution is 6.31. The van der Waals surface area contributed by atoms with Crippen LogP contribution in [0.25, 0.3) is 0 Å². The third-order valence-corrected chi connectivity index (χ3v) is 6.05. The quantitative estimate of drug-likeness (QED) is 0.538. The lowest BCUT2D eigenvalue weighted by Gasteiger charge is -2.31. The molecule has 8 heteroatoms. The fourth-order valence-corrected chi connectivity index (χ4v) is 4.19. The molecule has 174 valence electrons. The van der Waals surface area contributed by atoms with Gasteiger partial charge in [0.1, 0.15) is 6.04 Å². The summed E-state index contributed by atoms with van der Waals surface area (Å²) in [6, 6.07) is 13.3. The zero-order chi connectivity index (χ0) is 24.0. The summed E-state index contributed by atoms with van der Waals surface area (Å²) >= 11 is 6.31. The molecule has 0 saturated heterocycles. The number of nitrogens with one attached hydrogen (secondary N) is 1. The molecular weight excluding hydrogens is 442 g/mol. The molecule has 1 atom stereocenters. The smallest absolute Gasteiger partial charge is 0.261 e. The van der Waals surface area contributed by atoms with Gasteiger partial charge in [0.2, 0.25) is 11.8 Å². The maximum Gasteiger partial charge on any atom is 0.261 e. The predicted molar refractivity (Wildman–Crippen MR) is 126 cm³/mol. The van der Waals surface area contributed by atoms with E-state index in [1.165, 1.54) is 9.80 Å². The van der Waals surface area contributed by atoms with Crippen LogP contribution in [0.4, 0.5) is 0 Å². The van der Waals surface area contributed by atoms with Crippen molar-refractivity contribution in [3.8, 4) is 0 Å². The van der Waals surface area contributed by atoms with Crippen LogP contribution in [-0.2, 0) is 16.1 Å². The van der Waals surface area contributed by atoms with Gasteiger partial charge in [0, 0.05) is 31.1 Å². The number of hydrogen-bond donors (Lipinski definition) is 1. The van der Waals surface area contributed by atoms with Crippen molar-refractivity contribution >= 4 is 35.2 Å². The highest BCUT2D eigenvalue weighted by Gasteiger charge is 2.35. The monoisotopic (exact) mass is 469 g/mol. The summed E-state index contributed by atoms with van der Waals surface area (Å²) in [6.45, 7) is 4.47. The van der Waals surface area contributed by atoms with E-state index in [9.17, 15) is 19.2 Å². The molecule has 3 rings (SSSR count). The molecule has 0 fully saturated rings. The molecule has 1 N–H and O–H groups in total. The van der Waals surface area contributed by atoms with Gasteiger partial charge in [0.25, 0.3) is 11.8 Å². The standard InChI is InChI=1S/C25H28ClN3O4/c1-3-21(23(31)27-4-2)29(16-17-10-5-8-13-20(17)26)22(30)14-9-15-28-24(32)18-11-6-7-12-19(18)25(28)33/h5-8,10-13,21H,3-4,9,14-16H2,1-2H3,(H,27,31)/t21-/m1/s1. The Morgan fingerprint density at radius 2 is 1.61 bits per heavy atom. The summed E-state index contributed by atoms with van der Waals surface area (Å²) in [7, 11) is 0. The second kappa shape index (κ2) is 11.1. The average Bonchev–Trinajstić information content (AvgIpc) is 3.05. The van der Waals surface area contributed by atoms with Gasteiger partial charge < -0.3 is 10.2 Å². The van der Waals surface area contributed by atoms with E-state index in [-0.39, 0.29) is 43.1 Å². The van der Waals surface area contributed by atoms with Gasteiger partial charge in [-0.1, -0.05) is 48.9 Å². The number of carbonyl (C=O) groups is 4. The van der Waals surface area contributed by atoms with E-state index < -0.39 is 6.04 Å². The second-order valence-corrected chi connectivity index (χ2v) is 8.25. The minimum atomic E-state index is -0.645. The number of carbonyl (C=O) groups excluding carboxylic acids is 4. The summed E-state index contributed by atoms with van der Waals surface area (Å²) in [5.74, 6) is -1.14. The van der Waals surface area contributed by atoms with Crippen LogP contribution in [0.15, 0.2) is 48.5 Å². The third-order valence-electron chi connectivity index (χ3n) is 5.69. The van der Waals surface area contributed by atoms with Crippen molar-refractivity contribution in [2.45, 2.75) is 45.7 Å². The molecule has 0 saturated carbocycles. The number of fused-ring (bicyclic) bond motifs is 1. The Labute approximate surface area is 198 Å². The Bertz CT molecular complexity index is 1020. The molecule has 4 amide bonds. The summed E-state index contributed by atoms with van der Waals surface area (Å²) in [4.78, 5) is 53.7. The lowest BCUT2D eigenvalue weighted by Crippen LogP contribution is -2.49. The maximum absolute atomic E-state index is 13.2. The van der Waals surface area contributed by atoms with E-state index in [1.807, 2.05) is 26.0 Å². The number of imide groups is 1. The van der Waals surface area contributed by atoms with Gasteiger partial charge in [-0.25, -0.2) is 0 Å². The van der Waals surface area contributed by atoms with Gasteiger partial charge in [-0.05, 0) is 43.5 Å². The van der Waals surface area contributed by atoms with Crippen LogP contribution in [0, 0.1) is 0 Å². The van der Waals surface area contributed by atoms with Crippen LogP contribution in [0.1, 0.15) is 59.4 Å². The molecule has 2 aromatic carbocycles. The maximum atomic E-state index is 13.2. The minimum Gasteiger partial charge on any atom is -0.355 e. The van der Waals surface area contributed by atoms with Crippen LogP contribution < -0.4 is 5.32 Å². The Morgan fingerprint density at radius 1 is 1.00 bits per heavy atom. The molecule has 0 bridgehead atoms. The van der Waals surface area contributed by atoms with Crippen LogP contribution >= 0.6 is 11.6 Å². The van der Waals surface area contributed by atoms with E-state index in [0.717, 1.165) is 5.56 Å². The number of hydrogen-bond acceptors (Lipinski definition) is 4. The van der Waals surface area contributed by atoms with Crippen LogP contribution in [0.2, 0.25) is 5.02 Å². The highest BCUT2D eigenvalue weighted by Crippen LogP contribution is 2.24. The number of benzene rings is 2. The summed E-state index contributed by atoms with van der Waals surface area (Å²) in [6.07, 6.45) is 0.837. The highest BCUT2D eigenvalue weighted by atomic mass is 35.5. The number of rotatable bonds is 10. The first-order valence-electron chi connectivity index (χ1n) is 11.1. The fourth-order valence-electron chi connectivity index (χ4n) is 4.00. The topological polar surface area (TPSA) is 86.8 Å². The van der Waals surface area contributed by atoms with Crippen molar-refractivity contribution in [3.05, 3.63) is 70.2 Å². The van der Waals surface area contributed by atoms with Gasteiger partial charge in [-0.2, -0.15) is 0 Å². The van der Waals surface area contributed by atoms with Crippen molar-refractivity contribution in [3.63, 3.8) is 0 Å². The van der Waals surface area contributed by atoms with E-state index in [2.05, 4.69) is 5.32 Å². The number of halogens is 1. The first kappa shape index (κ1) is 24.5. The zero-order valence-electron chi connectivity index (χ0n) is 18.8. The predicted octanol–water partition coefficient (Wildman–Crippen LogP) is 3.66. The summed E-state index contributed by atoms with van der Waals surface area (Å²) < 4.78 is 0.